The summed E-state index contributed by atoms with van der Waals surface area (Å²) >= 11 is 1.72. The van der Waals surface area contributed by atoms with Crippen molar-refractivity contribution in [3.8, 4) is 11.4 Å². The maximum Gasteiger partial charge on any atom is 0.228 e. The number of rotatable bonds is 5. The molecule has 1 unspecified atom stereocenters. The molecule has 2 aromatic rings. The summed E-state index contributed by atoms with van der Waals surface area (Å²) in [7, 11) is 0. The quantitative estimate of drug-likeness (QED) is 0.850. The van der Waals surface area contributed by atoms with Crippen LogP contribution in [0.3, 0.4) is 0 Å². The van der Waals surface area contributed by atoms with Crippen LogP contribution in [0.15, 0.2) is 33.7 Å². The van der Waals surface area contributed by atoms with Crippen molar-refractivity contribution in [3.63, 3.8) is 0 Å². The van der Waals surface area contributed by atoms with Gasteiger partial charge >= 0.3 is 0 Å². The second-order valence-electron chi connectivity index (χ2n) is 4.95. The van der Waals surface area contributed by atoms with E-state index in [4.69, 9.17) is 10.3 Å². The van der Waals surface area contributed by atoms with Crippen molar-refractivity contribution in [1.82, 2.24) is 10.1 Å². The largest absolute Gasteiger partial charge is 0.339 e. The molecule has 3 rings (SSSR count). The highest BCUT2D eigenvalue weighted by molar-refractivity contribution is 7.98. The third kappa shape index (κ3) is 2.98. The standard InChI is InChI=1S/C14H17N3OS/c1-19-11-6-4-10(5-7-11)14-16-13(18-17-14)8-12(15)9-2-3-9/h4-7,9,12H,2-3,8,15H2,1H3. The van der Waals surface area contributed by atoms with Gasteiger partial charge in [0.25, 0.3) is 0 Å². The van der Waals surface area contributed by atoms with Gasteiger partial charge in [0.15, 0.2) is 0 Å². The lowest BCUT2D eigenvalue weighted by Gasteiger charge is -2.04. The van der Waals surface area contributed by atoms with E-state index in [2.05, 4.69) is 28.5 Å². The molecule has 1 aromatic heterocycles. The molecule has 5 heteroatoms. The minimum atomic E-state index is 0.159. The lowest BCUT2D eigenvalue weighted by Crippen LogP contribution is -2.25. The van der Waals surface area contributed by atoms with Gasteiger partial charge in [-0.1, -0.05) is 5.16 Å². The monoisotopic (exact) mass is 275 g/mol. The summed E-state index contributed by atoms with van der Waals surface area (Å²) in [6, 6.07) is 8.31. The summed E-state index contributed by atoms with van der Waals surface area (Å²) in [6.07, 6.45) is 5.21. The fourth-order valence-electron chi connectivity index (χ4n) is 2.09. The van der Waals surface area contributed by atoms with Gasteiger partial charge < -0.3 is 10.3 Å². The molecule has 1 aliphatic rings. The predicted octanol–water partition coefficient (Wildman–Crippen LogP) is 2.74. The molecule has 1 atom stereocenters. The average molecular weight is 275 g/mol. The molecule has 1 saturated carbocycles. The van der Waals surface area contributed by atoms with Gasteiger partial charge in [0.1, 0.15) is 0 Å². The normalized spacial score (nSPS) is 16.5. The van der Waals surface area contributed by atoms with Crippen LogP contribution in [0.4, 0.5) is 0 Å². The third-order valence-corrected chi connectivity index (χ3v) is 4.20. The zero-order valence-electron chi connectivity index (χ0n) is 10.9. The predicted molar refractivity (Wildman–Crippen MR) is 75.9 cm³/mol. The van der Waals surface area contributed by atoms with Crippen LogP contribution in [0.2, 0.25) is 0 Å². The van der Waals surface area contributed by atoms with E-state index in [9.17, 15) is 0 Å². The van der Waals surface area contributed by atoms with Crippen molar-refractivity contribution in [2.45, 2.75) is 30.2 Å². The van der Waals surface area contributed by atoms with Gasteiger partial charge in [0.2, 0.25) is 11.7 Å². The van der Waals surface area contributed by atoms with Crippen LogP contribution in [0.5, 0.6) is 0 Å². The van der Waals surface area contributed by atoms with Crippen LogP contribution < -0.4 is 5.73 Å². The molecule has 2 N–H and O–H groups in total. The molecule has 1 aliphatic carbocycles. The van der Waals surface area contributed by atoms with E-state index in [0.717, 1.165) is 5.56 Å². The second-order valence-corrected chi connectivity index (χ2v) is 5.83. The first-order valence-electron chi connectivity index (χ1n) is 6.49. The molecule has 1 heterocycles. The Morgan fingerprint density at radius 1 is 1.37 bits per heavy atom. The van der Waals surface area contributed by atoms with Crippen molar-refractivity contribution in [1.29, 1.82) is 0 Å². The second kappa shape index (κ2) is 5.35. The molecule has 0 radical (unpaired) electrons. The SMILES string of the molecule is CSc1ccc(-c2noc(CC(N)C3CC3)n2)cc1. The van der Waals surface area contributed by atoms with Crippen LogP contribution in [-0.2, 0) is 6.42 Å². The van der Waals surface area contributed by atoms with E-state index >= 15 is 0 Å². The van der Waals surface area contributed by atoms with Crippen LogP contribution in [0.1, 0.15) is 18.7 Å². The van der Waals surface area contributed by atoms with Gasteiger partial charge in [0, 0.05) is 22.9 Å². The van der Waals surface area contributed by atoms with Gasteiger partial charge in [0.05, 0.1) is 0 Å². The fraction of sp³-hybridized carbons (Fsp3) is 0.429. The molecule has 0 bridgehead atoms. The smallest absolute Gasteiger partial charge is 0.228 e. The maximum atomic E-state index is 6.07. The lowest BCUT2D eigenvalue weighted by atomic mass is 10.1. The molecule has 0 spiro atoms. The molecule has 19 heavy (non-hydrogen) atoms. The Balaban J connectivity index is 1.72. The van der Waals surface area contributed by atoms with E-state index in [1.165, 1.54) is 17.7 Å². The van der Waals surface area contributed by atoms with E-state index in [1.807, 2.05) is 12.1 Å². The van der Waals surface area contributed by atoms with Crippen LogP contribution in [-0.4, -0.2) is 22.4 Å². The number of benzene rings is 1. The summed E-state index contributed by atoms with van der Waals surface area (Å²) in [5.74, 6) is 1.94. The summed E-state index contributed by atoms with van der Waals surface area (Å²) in [5, 5.41) is 4.03. The maximum absolute atomic E-state index is 6.07. The Labute approximate surface area is 116 Å². The molecule has 0 amide bonds. The molecule has 100 valence electrons. The third-order valence-electron chi connectivity index (χ3n) is 3.45. The van der Waals surface area contributed by atoms with Crippen LogP contribution in [0.25, 0.3) is 11.4 Å². The van der Waals surface area contributed by atoms with Crippen molar-refractivity contribution in [2.24, 2.45) is 11.7 Å². The van der Waals surface area contributed by atoms with E-state index in [0.29, 0.717) is 24.1 Å². The van der Waals surface area contributed by atoms with E-state index in [1.54, 1.807) is 11.8 Å². The highest BCUT2D eigenvalue weighted by atomic mass is 32.2. The van der Waals surface area contributed by atoms with Gasteiger partial charge in [-0.25, -0.2) is 0 Å². The fourth-order valence-corrected chi connectivity index (χ4v) is 2.50. The van der Waals surface area contributed by atoms with Crippen molar-refractivity contribution < 1.29 is 4.52 Å². The number of aromatic nitrogens is 2. The molecular weight excluding hydrogens is 258 g/mol. The summed E-state index contributed by atoms with van der Waals surface area (Å²) < 4.78 is 5.28. The minimum Gasteiger partial charge on any atom is -0.339 e. The molecular formula is C14H17N3OS. The first-order chi connectivity index (χ1) is 9.26. The molecule has 4 nitrogen and oxygen atoms in total. The minimum absolute atomic E-state index is 0.159. The Kier molecular flexibility index (Phi) is 3.57. The first-order valence-corrected chi connectivity index (χ1v) is 7.71. The number of nitrogens with two attached hydrogens (primary N) is 1. The Morgan fingerprint density at radius 2 is 2.11 bits per heavy atom. The lowest BCUT2D eigenvalue weighted by molar-refractivity contribution is 0.364. The Morgan fingerprint density at radius 3 is 2.74 bits per heavy atom. The topological polar surface area (TPSA) is 64.9 Å². The average Bonchev–Trinajstić information content (AvgIpc) is 3.20. The van der Waals surface area contributed by atoms with Crippen molar-refractivity contribution in [2.75, 3.05) is 6.26 Å². The van der Waals surface area contributed by atoms with Gasteiger partial charge in [-0.05, 0) is 49.3 Å². The number of thioether (sulfide) groups is 1. The summed E-state index contributed by atoms with van der Waals surface area (Å²) in [4.78, 5) is 5.65. The van der Waals surface area contributed by atoms with E-state index in [-0.39, 0.29) is 6.04 Å². The number of hydrogen-bond donors (Lipinski definition) is 1. The Bertz CT molecular complexity index is 548. The number of hydrogen-bond acceptors (Lipinski definition) is 5. The van der Waals surface area contributed by atoms with Gasteiger partial charge in [-0.3, -0.25) is 0 Å². The highest BCUT2D eigenvalue weighted by Crippen LogP contribution is 2.32. The molecule has 1 fully saturated rings. The first kappa shape index (κ1) is 12.7. The van der Waals surface area contributed by atoms with Crippen molar-refractivity contribution >= 4 is 11.8 Å². The molecule has 0 aliphatic heterocycles. The Hall–Kier alpha value is -1.33. The summed E-state index contributed by atoms with van der Waals surface area (Å²) in [6.45, 7) is 0. The van der Waals surface area contributed by atoms with Gasteiger partial charge in [-0.2, -0.15) is 4.98 Å². The highest BCUT2D eigenvalue weighted by Gasteiger charge is 2.29. The number of nitrogens with zero attached hydrogens (tertiary/aromatic N) is 2. The van der Waals surface area contributed by atoms with Gasteiger partial charge in [-0.15, -0.1) is 11.8 Å². The van der Waals surface area contributed by atoms with Crippen molar-refractivity contribution in [3.05, 3.63) is 30.2 Å². The van der Waals surface area contributed by atoms with Crippen LogP contribution in [0, 0.1) is 5.92 Å². The summed E-state index contributed by atoms with van der Waals surface area (Å²) in [5.41, 5.74) is 7.05. The van der Waals surface area contributed by atoms with Crippen LogP contribution >= 0.6 is 11.8 Å². The molecule has 1 aromatic carbocycles. The zero-order valence-corrected chi connectivity index (χ0v) is 11.7. The zero-order chi connectivity index (χ0) is 13.2. The molecule has 0 saturated heterocycles. The van der Waals surface area contributed by atoms with E-state index < -0.39 is 0 Å².